The molecule has 0 saturated carbocycles. The summed E-state index contributed by atoms with van der Waals surface area (Å²) in [5.41, 5.74) is -0.473. The summed E-state index contributed by atoms with van der Waals surface area (Å²) in [5, 5.41) is 10.9. The summed E-state index contributed by atoms with van der Waals surface area (Å²) < 4.78 is 26.4. The Hall–Kier alpha value is -2.51. The van der Waals surface area contributed by atoms with Gasteiger partial charge in [-0.25, -0.2) is 13.6 Å². The second kappa shape index (κ2) is 5.86. The third kappa shape index (κ3) is 3.15. The molecule has 21 heavy (non-hydrogen) atoms. The lowest BCUT2D eigenvalue weighted by Crippen LogP contribution is -2.45. The fourth-order valence-corrected chi connectivity index (χ4v) is 2.17. The number of nitrogens with zero attached hydrogens (tertiary/aromatic N) is 1. The number of nitrogens with one attached hydrogen (secondary N) is 1. The number of hydrogen-bond donors (Lipinski definition) is 2. The molecule has 2 N–H and O–H groups in total. The lowest BCUT2D eigenvalue weighted by atomic mass is 10.2. The quantitative estimate of drug-likeness (QED) is 0.797. The molecule has 1 unspecified atom stereocenters. The van der Waals surface area contributed by atoms with Gasteiger partial charge in [0.05, 0.1) is 5.69 Å². The van der Waals surface area contributed by atoms with Crippen LogP contribution in [0.3, 0.4) is 0 Å². The van der Waals surface area contributed by atoms with E-state index in [0.29, 0.717) is 6.42 Å². The number of anilines is 1. The Morgan fingerprint density at radius 3 is 2.67 bits per heavy atom. The summed E-state index contributed by atoms with van der Waals surface area (Å²) in [6, 6.07) is 1.35. The molecule has 6 nitrogen and oxygen atoms in total. The monoisotopic (exact) mass is 298 g/mol. The average Bonchev–Trinajstić information content (AvgIpc) is 2.91. The third-order valence-corrected chi connectivity index (χ3v) is 3.17. The summed E-state index contributed by atoms with van der Waals surface area (Å²) in [5.74, 6) is -5.15. The van der Waals surface area contributed by atoms with Crippen molar-refractivity contribution >= 4 is 23.5 Å². The van der Waals surface area contributed by atoms with E-state index in [2.05, 4.69) is 0 Å². The van der Waals surface area contributed by atoms with Crippen LogP contribution in [0.5, 0.6) is 0 Å². The molecule has 1 aromatic carbocycles. The molecule has 1 saturated heterocycles. The van der Waals surface area contributed by atoms with Crippen LogP contribution in [0.25, 0.3) is 0 Å². The van der Waals surface area contributed by atoms with E-state index in [9.17, 15) is 23.2 Å². The number of carbonyl (C=O) groups is 3. The molecule has 0 radical (unpaired) electrons. The molecular formula is C13H12F2N2O4. The van der Waals surface area contributed by atoms with E-state index in [0.717, 1.165) is 23.1 Å². The van der Waals surface area contributed by atoms with Crippen LogP contribution >= 0.6 is 0 Å². The molecule has 1 aliphatic rings. The standard InChI is InChI=1S/C13H12F2N2O4/c14-7-3-4-8(15)9(6-7)16-11(18)12(19)17-5-1-2-10(17)13(20)21/h3-4,6,10H,1-2,5H2,(H,16,18)(H,20,21). The normalized spacial score (nSPS) is 17.6. The minimum Gasteiger partial charge on any atom is -0.480 e. The number of carbonyl (C=O) groups excluding carboxylic acids is 2. The first-order chi connectivity index (χ1) is 9.90. The molecule has 1 heterocycles. The molecule has 0 spiro atoms. The number of likely N-dealkylation sites (tertiary alicyclic amines) is 1. The van der Waals surface area contributed by atoms with Gasteiger partial charge in [-0.3, -0.25) is 9.59 Å². The van der Waals surface area contributed by atoms with Crippen molar-refractivity contribution < 1.29 is 28.3 Å². The van der Waals surface area contributed by atoms with E-state index in [1.54, 1.807) is 0 Å². The highest BCUT2D eigenvalue weighted by molar-refractivity contribution is 6.39. The van der Waals surface area contributed by atoms with Gasteiger partial charge in [0.25, 0.3) is 0 Å². The molecule has 0 aromatic heterocycles. The van der Waals surface area contributed by atoms with Crippen molar-refractivity contribution in [3.8, 4) is 0 Å². The Labute approximate surface area is 118 Å². The van der Waals surface area contributed by atoms with E-state index >= 15 is 0 Å². The number of rotatable bonds is 2. The van der Waals surface area contributed by atoms with Gasteiger partial charge >= 0.3 is 17.8 Å². The Morgan fingerprint density at radius 2 is 2.00 bits per heavy atom. The van der Waals surface area contributed by atoms with Gasteiger partial charge in [0.1, 0.15) is 17.7 Å². The number of carboxylic acid groups (broad SMARTS) is 1. The van der Waals surface area contributed by atoms with Crippen LogP contribution in [0.2, 0.25) is 0 Å². The zero-order valence-corrected chi connectivity index (χ0v) is 10.8. The molecule has 1 atom stereocenters. The Morgan fingerprint density at radius 1 is 1.29 bits per heavy atom. The molecule has 1 aromatic rings. The molecule has 2 rings (SSSR count). The molecule has 112 valence electrons. The van der Waals surface area contributed by atoms with Crippen molar-refractivity contribution in [2.45, 2.75) is 18.9 Å². The summed E-state index contributed by atoms with van der Waals surface area (Å²) in [6.07, 6.45) is 0.715. The van der Waals surface area contributed by atoms with Gasteiger partial charge in [0, 0.05) is 12.6 Å². The predicted molar refractivity (Wildman–Crippen MR) is 67.4 cm³/mol. The summed E-state index contributed by atoms with van der Waals surface area (Å²) in [4.78, 5) is 35.5. The minimum atomic E-state index is -1.20. The van der Waals surface area contributed by atoms with Crippen LogP contribution in [-0.2, 0) is 14.4 Å². The van der Waals surface area contributed by atoms with Crippen LogP contribution < -0.4 is 5.32 Å². The lowest BCUT2D eigenvalue weighted by molar-refractivity contribution is -0.151. The van der Waals surface area contributed by atoms with Gasteiger partial charge in [-0.05, 0) is 25.0 Å². The Balaban J connectivity index is 2.11. The zero-order chi connectivity index (χ0) is 15.6. The molecule has 8 heteroatoms. The zero-order valence-electron chi connectivity index (χ0n) is 10.8. The van der Waals surface area contributed by atoms with Crippen molar-refractivity contribution in [1.82, 2.24) is 4.90 Å². The SMILES string of the molecule is O=C(Nc1cc(F)ccc1F)C(=O)N1CCCC1C(=O)O. The van der Waals surface area contributed by atoms with Crippen molar-refractivity contribution in [3.05, 3.63) is 29.8 Å². The second-order valence-corrected chi connectivity index (χ2v) is 4.57. The van der Waals surface area contributed by atoms with Crippen molar-refractivity contribution in [1.29, 1.82) is 0 Å². The predicted octanol–water partition coefficient (Wildman–Crippen LogP) is 0.979. The van der Waals surface area contributed by atoms with Gasteiger partial charge in [-0.1, -0.05) is 0 Å². The topological polar surface area (TPSA) is 86.7 Å². The maximum Gasteiger partial charge on any atom is 0.326 e. The van der Waals surface area contributed by atoms with Crippen molar-refractivity contribution in [3.63, 3.8) is 0 Å². The van der Waals surface area contributed by atoms with E-state index in [1.165, 1.54) is 0 Å². The van der Waals surface area contributed by atoms with Crippen molar-refractivity contribution in [2.24, 2.45) is 0 Å². The largest absolute Gasteiger partial charge is 0.480 e. The second-order valence-electron chi connectivity index (χ2n) is 4.57. The van der Waals surface area contributed by atoms with E-state index < -0.39 is 41.1 Å². The lowest BCUT2D eigenvalue weighted by Gasteiger charge is -2.20. The van der Waals surface area contributed by atoms with Crippen LogP contribution in [-0.4, -0.2) is 40.4 Å². The number of hydrogen-bond acceptors (Lipinski definition) is 3. The summed E-state index contributed by atoms with van der Waals surface area (Å²) >= 11 is 0. The fraction of sp³-hybridized carbons (Fsp3) is 0.308. The first-order valence-electron chi connectivity index (χ1n) is 6.20. The number of halogens is 2. The smallest absolute Gasteiger partial charge is 0.326 e. The van der Waals surface area contributed by atoms with Gasteiger partial charge in [0.15, 0.2) is 0 Å². The van der Waals surface area contributed by atoms with Gasteiger partial charge in [-0.2, -0.15) is 0 Å². The molecule has 0 aliphatic carbocycles. The molecule has 2 amide bonds. The summed E-state index contributed by atoms with van der Waals surface area (Å²) in [6.45, 7) is 0.134. The van der Waals surface area contributed by atoms with Gasteiger partial charge in [0.2, 0.25) is 0 Å². The highest BCUT2D eigenvalue weighted by atomic mass is 19.1. The first kappa shape index (κ1) is 14.9. The number of carboxylic acids is 1. The molecule has 1 aliphatic heterocycles. The minimum absolute atomic E-state index is 0.134. The third-order valence-electron chi connectivity index (χ3n) is 3.17. The molecule has 0 bridgehead atoms. The highest BCUT2D eigenvalue weighted by Crippen LogP contribution is 2.19. The molecular weight excluding hydrogens is 286 g/mol. The maximum absolute atomic E-state index is 13.4. The maximum atomic E-state index is 13.4. The summed E-state index contributed by atoms with van der Waals surface area (Å²) in [7, 11) is 0. The van der Waals surface area contributed by atoms with Crippen LogP contribution in [0.4, 0.5) is 14.5 Å². The number of benzene rings is 1. The van der Waals surface area contributed by atoms with Gasteiger partial charge < -0.3 is 15.3 Å². The van der Waals surface area contributed by atoms with E-state index in [-0.39, 0.29) is 13.0 Å². The fourth-order valence-electron chi connectivity index (χ4n) is 2.17. The number of aliphatic carboxylic acids is 1. The average molecular weight is 298 g/mol. The Bertz CT molecular complexity index is 606. The highest BCUT2D eigenvalue weighted by Gasteiger charge is 2.36. The Kier molecular flexibility index (Phi) is 4.15. The van der Waals surface area contributed by atoms with E-state index in [4.69, 9.17) is 5.11 Å². The van der Waals surface area contributed by atoms with Crippen LogP contribution in [0.1, 0.15) is 12.8 Å². The van der Waals surface area contributed by atoms with Crippen LogP contribution in [0.15, 0.2) is 18.2 Å². The molecule has 1 fully saturated rings. The first-order valence-corrected chi connectivity index (χ1v) is 6.20. The van der Waals surface area contributed by atoms with Crippen LogP contribution in [0, 0.1) is 11.6 Å². The van der Waals surface area contributed by atoms with E-state index in [1.807, 2.05) is 5.32 Å². The number of amides is 2. The van der Waals surface area contributed by atoms with Gasteiger partial charge in [-0.15, -0.1) is 0 Å². The van der Waals surface area contributed by atoms with Crippen molar-refractivity contribution in [2.75, 3.05) is 11.9 Å².